The molecule has 8 heteroatoms. The smallest absolute Gasteiger partial charge is 0.231 e. The number of nitrogen functional groups attached to an aromatic ring is 1. The van der Waals surface area contributed by atoms with Crippen molar-refractivity contribution in [1.29, 1.82) is 0 Å². The Bertz CT molecular complexity index is 1130. The van der Waals surface area contributed by atoms with E-state index in [4.69, 9.17) is 15.2 Å². The molecule has 1 aromatic heterocycles. The predicted molar refractivity (Wildman–Crippen MR) is 126 cm³/mol. The summed E-state index contributed by atoms with van der Waals surface area (Å²) in [7, 11) is 0. The molecule has 0 spiro atoms. The lowest BCUT2D eigenvalue weighted by molar-refractivity contribution is 0.174. The zero-order valence-corrected chi connectivity index (χ0v) is 18.5. The molecule has 32 heavy (non-hydrogen) atoms. The van der Waals surface area contributed by atoms with Crippen LogP contribution < -0.4 is 25.4 Å². The van der Waals surface area contributed by atoms with Crippen LogP contribution in [-0.4, -0.2) is 47.8 Å². The van der Waals surface area contributed by atoms with Gasteiger partial charge in [-0.3, -0.25) is 4.90 Å². The molecule has 1 saturated heterocycles. The number of hydrogen-bond acceptors (Lipinski definition) is 8. The number of fused-ring (bicyclic) bond motifs is 1. The number of hydrogen-bond donors (Lipinski definition) is 2. The zero-order chi connectivity index (χ0) is 22.1. The Balaban J connectivity index is 1.24. The molecule has 0 saturated carbocycles. The summed E-state index contributed by atoms with van der Waals surface area (Å²) in [5, 5.41) is 3.37. The summed E-state index contributed by atoms with van der Waals surface area (Å²) in [6.07, 6.45) is 1.58. The van der Waals surface area contributed by atoms with Crippen LogP contribution >= 0.6 is 0 Å². The zero-order valence-electron chi connectivity index (χ0n) is 18.5. The molecule has 2 aliphatic heterocycles. The Labute approximate surface area is 188 Å². The van der Waals surface area contributed by atoms with Crippen LogP contribution in [0.4, 0.5) is 23.0 Å². The van der Waals surface area contributed by atoms with Gasteiger partial charge in [-0.15, -0.1) is 0 Å². The van der Waals surface area contributed by atoms with Crippen LogP contribution in [0.2, 0.25) is 0 Å². The molecule has 3 aromatic rings. The fraction of sp³-hybridized carbons (Fsp3) is 0.333. The molecule has 5 rings (SSSR count). The first-order valence-electron chi connectivity index (χ1n) is 10.9. The summed E-state index contributed by atoms with van der Waals surface area (Å²) < 4.78 is 10.9. The van der Waals surface area contributed by atoms with Gasteiger partial charge >= 0.3 is 0 Å². The second-order valence-electron chi connectivity index (χ2n) is 8.35. The Morgan fingerprint density at radius 1 is 0.969 bits per heavy atom. The Morgan fingerprint density at radius 2 is 1.78 bits per heavy atom. The standard InChI is InChI=1S/C24H28N6O2/c1-16-3-5-19(17(2)11-16)28-23-22(25)24(27-14-26-23)30-9-7-29(8-10-30)13-18-4-6-20-21(12-18)32-15-31-20/h3-6,11-12,14H,7-10,13,15,25H2,1-2H3,(H,26,27,28). The lowest BCUT2D eigenvalue weighted by Crippen LogP contribution is -2.46. The van der Waals surface area contributed by atoms with Crippen molar-refractivity contribution in [3.05, 3.63) is 59.4 Å². The molecular formula is C24H28N6O2. The maximum Gasteiger partial charge on any atom is 0.231 e. The predicted octanol–water partition coefficient (Wildman–Crippen LogP) is 3.47. The summed E-state index contributed by atoms with van der Waals surface area (Å²) in [4.78, 5) is 13.5. The summed E-state index contributed by atoms with van der Waals surface area (Å²) in [6, 6.07) is 12.4. The van der Waals surface area contributed by atoms with E-state index in [0.717, 1.165) is 61.3 Å². The van der Waals surface area contributed by atoms with Crippen LogP contribution in [0.1, 0.15) is 16.7 Å². The molecule has 3 heterocycles. The van der Waals surface area contributed by atoms with E-state index in [2.05, 4.69) is 69.3 Å². The van der Waals surface area contributed by atoms with Crippen molar-refractivity contribution >= 4 is 23.0 Å². The average Bonchev–Trinajstić information content (AvgIpc) is 3.26. The number of nitrogens with zero attached hydrogens (tertiary/aromatic N) is 4. The quantitative estimate of drug-likeness (QED) is 0.634. The SMILES string of the molecule is Cc1ccc(Nc2ncnc(N3CCN(Cc4ccc5c(c4)OCO5)CC3)c2N)c(C)c1. The van der Waals surface area contributed by atoms with Gasteiger partial charge in [0, 0.05) is 38.4 Å². The van der Waals surface area contributed by atoms with E-state index in [-0.39, 0.29) is 0 Å². The normalized spacial score (nSPS) is 15.8. The van der Waals surface area contributed by atoms with E-state index >= 15 is 0 Å². The van der Waals surface area contributed by atoms with Crippen LogP contribution in [-0.2, 0) is 6.54 Å². The van der Waals surface area contributed by atoms with E-state index in [9.17, 15) is 0 Å². The first-order chi connectivity index (χ1) is 15.6. The van der Waals surface area contributed by atoms with Gasteiger partial charge in [-0.05, 0) is 43.2 Å². The maximum atomic E-state index is 6.48. The number of aromatic nitrogens is 2. The van der Waals surface area contributed by atoms with E-state index in [0.29, 0.717) is 18.3 Å². The highest BCUT2D eigenvalue weighted by atomic mass is 16.7. The number of aryl methyl sites for hydroxylation is 2. The van der Waals surface area contributed by atoms with E-state index in [1.807, 2.05) is 6.07 Å². The number of anilines is 4. The Kier molecular flexibility index (Phi) is 5.45. The summed E-state index contributed by atoms with van der Waals surface area (Å²) >= 11 is 0. The fourth-order valence-electron chi connectivity index (χ4n) is 4.23. The van der Waals surface area contributed by atoms with Gasteiger partial charge in [0.25, 0.3) is 0 Å². The van der Waals surface area contributed by atoms with Crippen LogP contribution in [0.3, 0.4) is 0 Å². The summed E-state index contributed by atoms with van der Waals surface area (Å²) in [5.41, 5.74) is 11.7. The average molecular weight is 433 g/mol. The highest BCUT2D eigenvalue weighted by Crippen LogP contribution is 2.33. The number of ether oxygens (including phenoxy) is 2. The largest absolute Gasteiger partial charge is 0.454 e. The minimum atomic E-state index is 0.304. The van der Waals surface area contributed by atoms with Crippen molar-refractivity contribution < 1.29 is 9.47 Å². The molecule has 166 valence electrons. The molecule has 3 N–H and O–H groups in total. The van der Waals surface area contributed by atoms with Crippen molar-refractivity contribution in [3.63, 3.8) is 0 Å². The fourth-order valence-corrected chi connectivity index (χ4v) is 4.23. The van der Waals surface area contributed by atoms with E-state index < -0.39 is 0 Å². The Hall–Kier alpha value is -3.52. The van der Waals surface area contributed by atoms with Crippen LogP contribution in [0.25, 0.3) is 0 Å². The molecule has 2 aromatic carbocycles. The van der Waals surface area contributed by atoms with Crippen molar-refractivity contribution in [2.24, 2.45) is 0 Å². The van der Waals surface area contributed by atoms with Crippen molar-refractivity contribution in [2.45, 2.75) is 20.4 Å². The van der Waals surface area contributed by atoms with Crippen LogP contribution in [0, 0.1) is 13.8 Å². The second kappa shape index (κ2) is 8.55. The lowest BCUT2D eigenvalue weighted by atomic mass is 10.1. The number of piperazine rings is 1. The minimum Gasteiger partial charge on any atom is -0.454 e. The van der Waals surface area contributed by atoms with Crippen LogP contribution in [0.5, 0.6) is 11.5 Å². The molecule has 0 radical (unpaired) electrons. The molecule has 1 fully saturated rings. The van der Waals surface area contributed by atoms with E-state index in [1.165, 1.54) is 11.1 Å². The monoisotopic (exact) mass is 432 g/mol. The first-order valence-corrected chi connectivity index (χ1v) is 10.9. The first kappa shape index (κ1) is 20.4. The highest BCUT2D eigenvalue weighted by molar-refractivity contribution is 5.79. The summed E-state index contributed by atoms with van der Waals surface area (Å²) in [5.74, 6) is 3.08. The second-order valence-corrected chi connectivity index (χ2v) is 8.35. The van der Waals surface area contributed by atoms with Gasteiger partial charge in [0.15, 0.2) is 23.1 Å². The molecule has 0 atom stereocenters. The third-order valence-electron chi connectivity index (χ3n) is 6.01. The molecule has 0 aliphatic carbocycles. The third-order valence-corrected chi connectivity index (χ3v) is 6.01. The molecule has 2 aliphatic rings. The lowest BCUT2D eigenvalue weighted by Gasteiger charge is -2.36. The van der Waals surface area contributed by atoms with Gasteiger partial charge in [0.05, 0.1) is 0 Å². The topological polar surface area (TPSA) is 88.8 Å². The van der Waals surface area contributed by atoms with Crippen LogP contribution in [0.15, 0.2) is 42.7 Å². The van der Waals surface area contributed by atoms with Gasteiger partial charge in [0.2, 0.25) is 6.79 Å². The van der Waals surface area contributed by atoms with Crippen molar-refractivity contribution in [3.8, 4) is 11.5 Å². The van der Waals surface area contributed by atoms with E-state index in [1.54, 1.807) is 6.33 Å². The molecule has 0 amide bonds. The Morgan fingerprint density at radius 3 is 2.59 bits per heavy atom. The molecule has 0 bridgehead atoms. The number of rotatable bonds is 5. The minimum absolute atomic E-state index is 0.304. The third kappa shape index (κ3) is 4.13. The maximum absolute atomic E-state index is 6.48. The number of benzene rings is 2. The van der Waals surface area contributed by atoms with Gasteiger partial charge in [-0.1, -0.05) is 23.8 Å². The van der Waals surface area contributed by atoms with Gasteiger partial charge in [-0.25, -0.2) is 9.97 Å². The van der Waals surface area contributed by atoms with Gasteiger partial charge in [-0.2, -0.15) is 0 Å². The molecule has 0 unspecified atom stereocenters. The van der Waals surface area contributed by atoms with Crippen molar-refractivity contribution in [1.82, 2.24) is 14.9 Å². The molecular weight excluding hydrogens is 404 g/mol. The van der Waals surface area contributed by atoms with Gasteiger partial charge in [0.1, 0.15) is 12.0 Å². The number of nitrogens with one attached hydrogen (secondary N) is 1. The summed E-state index contributed by atoms with van der Waals surface area (Å²) in [6.45, 7) is 8.91. The highest BCUT2D eigenvalue weighted by Gasteiger charge is 2.22. The molecule has 8 nitrogen and oxygen atoms in total. The van der Waals surface area contributed by atoms with Gasteiger partial charge < -0.3 is 25.4 Å². The van der Waals surface area contributed by atoms with Crippen molar-refractivity contribution in [2.75, 3.05) is 48.9 Å². The number of nitrogens with two attached hydrogens (primary N) is 1.